The molecule has 132 valence electrons. The van der Waals surface area contributed by atoms with Gasteiger partial charge in [-0.2, -0.15) is 0 Å². The summed E-state index contributed by atoms with van der Waals surface area (Å²) in [4.78, 5) is 39.0. The minimum atomic E-state index is -0.931. The monoisotopic (exact) mass is 340 g/mol. The van der Waals surface area contributed by atoms with E-state index in [1.165, 1.54) is 20.8 Å². The average molecular weight is 340 g/mol. The van der Waals surface area contributed by atoms with Crippen molar-refractivity contribution in [2.45, 2.75) is 57.6 Å². The Morgan fingerprint density at radius 2 is 1.62 bits per heavy atom. The van der Waals surface area contributed by atoms with Gasteiger partial charge in [0.15, 0.2) is 6.10 Å². The van der Waals surface area contributed by atoms with Crippen molar-refractivity contribution in [2.75, 3.05) is 13.1 Å². The number of carbonyl (C=O) groups is 3. The fraction of sp³-hybridized carbons (Fsp3) is 0.786. The van der Waals surface area contributed by atoms with E-state index < -0.39 is 48.3 Å². The first kappa shape index (κ1) is 18.0. The highest BCUT2D eigenvalue weighted by Crippen LogP contribution is 2.34. The van der Waals surface area contributed by atoms with Crippen LogP contribution in [0.4, 0.5) is 0 Å². The summed E-state index contributed by atoms with van der Waals surface area (Å²) in [6, 6.07) is -1.15. The summed E-state index contributed by atoms with van der Waals surface area (Å²) in [6.45, 7) is 4.68. The van der Waals surface area contributed by atoms with Crippen LogP contribution in [0.3, 0.4) is 0 Å². The third kappa shape index (κ3) is 3.95. The quantitative estimate of drug-likeness (QED) is 0.240. The molecule has 24 heavy (non-hydrogen) atoms. The van der Waals surface area contributed by atoms with Crippen LogP contribution in [0.15, 0.2) is 5.11 Å². The predicted molar refractivity (Wildman–Crippen MR) is 79.6 cm³/mol. The second-order valence-corrected chi connectivity index (χ2v) is 5.84. The van der Waals surface area contributed by atoms with Gasteiger partial charge in [0.2, 0.25) is 0 Å². The Bertz CT molecular complexity index is 576. The lowest BCUT2D eigenvalue weighted by Crippen LogP contribution is -2.63. The molecule has 0 aromatic heterocycles. The summed E-state index contributed by atoms with van der Waals surface area (Å²) in [7, 11) is 0. The molecule has 0 radical (unpaired) electrons. The molecule has 2 heterocycles. The zero-order chi connectivity index (χ0) is 17.9. The first-order chi connectivity index (χ1) is 11.3. The van der Waals surface area contributed by atoms with Crippen LogP contribution < -0.4 is 0 Å². The molecule has 10 heteroatoms. The number of nitrogens with zero attached hydrogens (tertiary/aromatic N) is 4. The number of carbonyl (C=O) groups excluding carboxylic acids is 3. The lowest BCUT2D eigenvalue weighted by molar-refractivity contribution is -0.185. The Balaban J connectivity index is 2.36. The van der Waals surface area contributed by atoms with Gasteiger partial charge in [0.25, 0.3) is 0 Å². The number of azide groups is 1. The number of piperidine rings is 1. The molecular formula is C14H20N4O6. The molecule has 0 amide bonds. The zero-order valence-electron chi connectivity index (χ0n) is 13.7. The molecule has 0 N–H and O–H groups in total. The third-order valence-electron chi connectivity index (χ3n) is 4.09. The van der Waals surface area contributed by atoms with Crippen molar-refractivity contribution in [1.82, 2.24) is 4.90 Å². The van der Waals surface area contributed by atoms with Crippen LogP contribution in [-0.2, 0) is 28.6 Å². The second-order valence-electron chi connectivity index (χ2n) is 5.84. The van der Waals surface area contributed by atoms with Crippen LogP contribution in [-0.4, -0.2) is 66.3 Å². The first-order valence-electron chi connectivity index (χ1n) is 7.63. The van der Waals surface area contributed by atoms with Crippen molar-refractivity contribution in [1.29, 1.82) is 0 Å². The van der Waals surface area contributed by atoms with Crippen LogP contribution in [0.2, 0.25) is 0 Å². The average Bonchev–Trinajstić information content (AvgIpc) is 2.83. The zero-order valence-corrected chi connectivity index (χ0v) is 13.7. The number of ether oxygens (including phenoxy) is 3. The number of hydrogen-bond acceptors (Lipinski definition) is 8. The molecule has 2 saturated heterocycles. The predicted octanol–water partition coefficient (Wildman–Crippen LogP) is 0.548. The first-order valence-corrected chi connectivity index (χ1v) is 7.63. The molecule has 2 fully saturated rings. The summed E-state index contributed by atoms with van der Waals surface area (Å²) < 4.78 is 16.0. The van der Waals surface area contributed by atoms with E-state index in [-0.39, 0.29) is 0 Å². The maximum Gasteiger partial charge on any atom is 0.303 e. The highest BCUT2D eigenvalue weighted by Gasteiger charge is 2.53. The van der Waals surface area contributed by atoms with Crippen LogP contribution >= 0.6 is 0 Å². The van der Waals surface area contributed by atoms with Gasteiger partial charge in [-0.05, 0) is 12.0 Å². The van der Waals surface area contributed by atoms with Gasteiger partial charge in [-0.25, -0.2) is 0 Å². The minimum absolute atomic E-state index is 0.322. The van der Waals surface area contributed by atoms with Crippen LogP contribution in [0.5, 0.6) is 0 Å². The van der Waals surface area contributed by atoms with Crippen molar-refractivity contribution < 1.29 is 28.6 Å². The Morgan fingerprint density at radius 3 is 2.17 bits per heavy atom. The number of rotatable bonds is 4. The molecule has 0 unspecified atom stereocenters. The van der Waals surface area contributed by atoms with Gasteiger partial charge in [0.05, 0.1) is 12.1 Å². The summed E-state index contributed by atoms with van der Waals surface area (Å²) in [5, 5.41) is 3.68. The van der Waals surface area contributed by atoms with Crippen molar-refractivity contribution in [3.8, 4) is 0 Å². The molecule has 0 aromatic carbocycles. The van der Waals surface area contributed by atoms with Crippen LogP contribution in [0.25, 0.3) is 10.4 Å². The molecule has 0 bridgehead atoms. The van der Waals surface area contributed by atoms with Gasteiger partial charge in [0, 0.05) is 38.8 Å². The molecule has 5 atom stereocenters. The van der Waals surface area contributed by atoms with E-state index in [0.29, 0.717) is 19.5 Å². The van der Waals surface area contributed by atoms with Gasteiger partial charge >= 0.3 is 17.9 Å². The molecule has 0 saturated carbocycles. The fourth-order valence-electron chi connectivity index (χ4n) is 3.41. The topological polar surface area (TPSA) is 131 Å². The van der Waals surface area contributed by atoms with Crippen molar-refractivity contribution in [3.63, 3.8) is 0 Å². The summed E-state index contributed by atoms with van der Waals surface area (Å²) >= 11 is 0. The molecule has 2 rings (SSSR count). The Hall–Kier alpha value is -2.32. The van der Waals surface area contributed by atoms with Gasteiger partial charge in [-0.15, -0.1) is 0 Å². The Morgan fingerprint density at radius 1 is 1.04 bits per heavy atom. The SMILES string of the molecule is CC(=O)O[C@H]1[C@H](OC(C)=O)[C@@H](N=[N+]=[N-])CN2CC[C@H](OC(C)=O)[C@H]12. The third-order valence-corrected chi connectivity index (χ3v) is 4.09. The molecule has 10 nitrogen and oxygen atoms in total. The van der Waals surface area contributed by atoms with E-state index in [0.717, 1.165) is 0 Å². The van der Waals surface area contributed by atoms with Gasteiger partial charge in [-0.1, -0.05) is 5.11 Å². The summed E-state index contributed by atoms with van der Waals surface area (Å²) in [5.74, 6) is -1.58. The maximum atomic E-state index is 11.5. The minimum Gasteiger partial charge on any atom is -0.461 e. The van der Waals surface area contributed by atoms with Gasteiger partial charge in [0.1, 0.15) is 12.2 Å². The molecule has 0 aromatic rings. The maximum absolute atomic E-state index is 11.5. The standard InChI is InChI=1S/C14H20N4O6/c1-7(19)22-11-4-5-18-6-10(16-17-15)13(23-8(2)20)14(12(11)18)24-9(3)21/h10-14H,4-6H2,1-3H3/t10-,11-,12+,13+,14+/m0/s1. The molecule has 2 aliphatic heterocycles. The highest BCUT2D eigenvalue weighted by atomic mass is 16.6. The Kier molecular flexibility index (Phi) is 5.63. The molecule has 2 aliphatic rings. The number of hydrogen-bond donors (Lipinski definition) is 0. The molecular weight excluding hydrogens is 320 g/mol. The van der Waals surface area contributed by atoms with Crippen molar-refractivity contribution in [2.24, 2.45) is 5.11 Å². The van der Waals surface area contributed by atoms with E-state index in [1.807, 2.05) is 4.90 Å². The lowest BCUT2D eigenvalue weighted by Gasteiger charge is -2.44. The van der Waals surface area contributed by atoms with Crippen molar-refractivity contribution >= 4 is 17.9 Å². The fourth-order valence-corrected chi connectivity index (χ4v) is 3.41. The van der Waals surface area contributed by atoms with Crippen LogP contribution in [0.1, 0.15) is 27.2 Å². The van der Waals surface area contributed by atoms with Crippen molar-refractivity contribution in [3.05, 3.63) is 10.4 Å². The lowest BCUT2D eigenvalue weighted by atomic mass is 9.91. The number of esters is 3. The highest BCUT2D eigenvalue weighted by molar-refractivity contribution is 5.68. The Labute approximate surface area is 138 Å². The molecule has 0 aliphatic carbocycles. The second kappa shape index (κ2) is 7.50. The summed E-state index contributed by atoms with van der Waals surface area (Å²) in [6.07, 6.45) is -1.75. The van der Waals surface area contributed by atoms with E-state index >= 15 is 0 Å². The van der Waals surface area contributed by atoms with Gasteiger partial charge in [-0.3, -0.25) is 19.3 Å². The summed E-state index contributed by atoms with van der Waals surface area (Å²) in [5.41, 5.74) is 8.77. The largest absolute Gasteiger partial charge is 0.461 e. The number of fused-ring (bicyclic) bond motifs is 1. The van der Waals surface area contributed by atoms with E-state index in [2.05, 4.69) is 10.0 Å². The van der Waals surface area contributed by atoms with Gasteiger partial charge < -0.3 is 14.2 Å². The normalized spacial score (nSPS) is 32.2. The van der Waals surface area contributed by atoms with E-state index in [9.17, 15) is 14.4 Å². The molecule has 0 spiro atoms. The van der Waals surface area contributed by atoms with Crippen LogP contribution in [0, 0.1) is 0 Å². The smallest absolute Gasteiger partial charge is 0.303 e. The van der Waals surface area contributed by atoms with E-state index in [1.54, 1.807) is 0 Å². The van der Waals surface area contributed by atoms with E-state index in [4.69, 9.17) is 19.7 Å².